The SMILES string of the molecule is Cc1ccc(NC(=O)N[C@H]2CCO[C@@H]2c2nccn2C)cn1. The second kappa shape index (κ2) is 6.15. The van der Waals surface area contributed by atoms with Crippen molar-refractivity contribution < 1.29 is 9.53 Å². The van der Waals surface area contributed by atoms with E-state index >= 15 is 0 Å². The molecule has 1 fully saturated rings. The predicted molar refractivity (Wildman–Crippen MR) is 81.4 cm³/mol. The minimum atomic E-state index is -0.264. The highest BCUT2D eigenvalue weighted by Gasteiger charge is 2.33. The van der Waals surface area contributed by atoms with Crippen LogP contribution in [0, 0.1) is 6.92 Å². The van der Waals surface area contributed by atoms with E-state index in [0.29, 0.717) is 12.3 Å². The Kier molecular flexibility index (Phi) is 4.06. The van der Waals surface area contributed by atoms with Crippen LogP contribution in [0.1, 0.15) is 24.0 Å². The predicted octanol–water partition coefficient (Wildman–Crippen LogP) is 1.78. The van der Waals surface area contributed by atoms with Crippen molar-refractivity contribution in [2.24, 2.45) is 7.05 Å². The second-order valence-electron chi connectivity index (χ2n) is 5.37. The van der Waals surface area contributed by atoms with Crippen molar-refractivity contribution in [3.63, 3.8) is 0 Å². The first-order valence-electron chi connectivity index (χ1n) is 7.22. The number of amides is 2. The number of imidazole rings is 1. The van der Waals surface area contributed by atoms with Gasteiger partial charge in [-0.25, -0.2) is 9.78 Å². The molecular weight excluding hydrogens is 282 g/mol. The van der Waals surface area contributed by atoms with Crippen LogP contribution in [0.4, 0.5) is 10.5 Å². The second-order valence-corrected chi connectivity index (χ2v) is 5.37. The Morgan fingerprint density at radius 1 is 1.41 bits per heavy atom. The molecule has 2 amide bonds. The minimum Gasteiger partial charge on any atom is -0.368 e. The van der Waals surface area contributed by atoms with Gasteiger partial charge in [-0.3, -0.25) is 4.98 Å². The van der Waals surface area contributed by atoms with Crippen LogP contribution in [-0.2, 0) is 11.8 Å². The molecule has 1 aliphatic heterocycles. The standard InChI is InChI=1S/C15H19N5O2/c1-10-3-4-11(9-17-10)18-15(21)19-12-5-8-22-13(12)14-16-6-7-20(14)2/h3-4,6-7,9,12-13H,5,8H2,1-2H3,(H2,18,19,21)/t12-,13-/m0/s1. The van der Waals surface area contributed by atoms with Crippen LogP contribution in [0.2, 0.25) is 0 Å². The van der Waals surface area contributed by atoms with Crippen molar-refractivity contribution >= 4 is 11.7 Å². The number of urea groups is 1. The summed E-state index contributed by atoms with van der Waals surface area (Å²) in [5, 5.41) is 5.73. The number of rotatable bonds is 3. The Balaban J connectivity index is 1.63. The van der Waals surface area contributed by atoms with Gasteiger partial charge in [-0.1, -0.05) is 0 Å². The molecule has 0 unspecified atom stereocenters. The topological polar surface area (TPSA) is 81.1 Å². The van der Waals surface area contributed by atoms with Gasteiger partial charge in [-0.15, -0.1) is 0 Å². The molecule has 2 aromatic heterocycles. The number of hydrogen-bond donors (Lipinski definition) is 2. The molecule has 1 saturated heterocycles. The van der Waals surface area contributed by atoms with Gasteiger partial charge in [0.25, 0.3) is 0 Å². The van der Waals surface area contributed by atoms with E-state index in [2.05, 4.69) is 20.6 Å². The highest BCUT2D eigenvalue weighted by atomic mass is 16.5. The molecule has 0 spiro atoms. The van der Waals surface area contributed by atoms with Crippen LogP contribution in [0.5, 0.6) is 0 Å². The molecule has 116 valence electrons. The Hall–Kier alpha value is -2.41. The molecule has 2 atom stereocenters. The molecule has 0 radical (unpaired) electrons. The molecule has 3 rings (SSSR count). The molecule has 2 N–H and O–H groups in total. The maximum atomic E-state index is 12.1. The molecule has 22 heavy (non-hydrogen) atoms. The van der Waals surface area contributed by atoms with Gasteiger partial charge in [-0.05, 0) is 25.5 Å². The van der Waals surface area contributed by atoms with Gasteiger partial charge < -0.3 is 19.9 Å². The van der Waals surface area contributed by atoms with E-state index in [9.17, 15) is 4.79 Å². The number of anilines is 1. The number of carbonyl (C=O) groups is 1. The van der Waals surface area contributed by atoms with Gasteiger partial charge in [-0.2, -0.15) is 0 Å². The summed E-state index contributed by atoms with van der Waals surface area (Å²) in [5.41, 5.74) is 1.57. The van der Waals surface area contributed by atoms with Gasteiger partial charge >= 0.3 is 6.03 Å². The fourth-order valence-electron chi connectivity index (χ4n) is 2.52. The van der Waals surface area contributed by atoms with Gasteiger partial charge in [0.2, 0.25) is 0 Å². The molecule has 0 saturated carbocycles. The fourth-order valence-corrected chi connectivity index (χ4v) is 2.52. The average molecular weight is 301 g/mol. The van der Waals surface area contributed by atoms with Crippen molar-refractivity contribution in [3.8, 4) is 0 Å². The normalized spacial score (nSPS) is 20.8. The van der Waals surface area contributed by atoms with E-state index in [1.54, 1.807) is 12.4 Å². The Morgan fingerprint density at radius 2 is 2.27 bits per heavy atom. The monoisotopic (exact) mass is 301 g/mol. The number of pyridine rings is 1. The highest BCUT2D eigenvalue weighted by Crippen LogP contribution is 2.27. The van der Waals surface area contributed by atoms with E-state index in [-0.39, 0.29) is 18.2 Å². The third kappa shape index (κ3) is 3.09. The molecule has 3 heterocycles. The summed E-state index contributed by atoms with van der Waals surface area (Å²) in [6.45, 7) is 2.51. The van der Waals surface area contributed by atoms with E-state index < -0.39 is 0 Å². The molecule has 0 aromatic carbocycles. The lowest BCUT2D eigenvalue weighted by atomic mass is 10.1. The van der Waals surface area contributed by atoms with E-state index in [4.69, 9.17) is 4.74 Å². The molecular formula is C15H19N5O2. The van der Waals surface area contributed by atoms with Crippen LogP contribution >= 0.6 is 0 Å². The lowest BCUT2D eigenvalue weighted by Crippen LogP contribution is -2.40. The first kappa shape index (κ1) is 14.5. The molecule has 0 aliphatic carbocycles. The third-order valence-corrected chi connectivity index (χ3v) is 3.69. The zero-order chi connectivity index (χ0) is 15.5. The van der Waals surface area contributed by atoms with Crippen molar-refractivity contribution in [1.82, 2.24) is 19.9 Å². The lowest BCUT2D eigenvalue weighted by Gasteiger charge is -2.19. The third-order valence-electron chi connectivity index (χ3n) is 3.69. The Labute approximate surface area is 128 Å². The number of nitrogens with zero attached hydrogens (tertiary/aromatic N) is 3. The van der Waals surface area contributed by atoms with E-state index in [1.165, 1.54) is 0 Å². The summed E-state index contributed by atoms with van der Waals surface area (Å²) in [6, 6.07) is 3.31. The average Bonchev–Trinajstić information content (AvgIpc) is 3.10. The fraction of sp³-hybridized carbons (Fsp3) is 0.400. The minimum absolute atomic E-state index is 0.0977. The van der Waals surface area contributed by atoms with Crippen LogP contribution < -0.4 is 10.6 Å². The van der Waals surface area contributed by atoms with Crippen molar-refractivity contribution in [1.29, 1.82) is 0 Å². The first-order valence-corrected chi connectivity index (χ1v) is 7.22. The van der Waals surface area contributed by atoms with Crippen LogP contribution in [0.25, 0.3) is 0 Å². The zero-order valence-corrected chi connectivity index (χ0v) is 12.6. The van der Waals surface area contributed by atoms with Crippen LogP contribution in [0.15, 0.2) is 30.7 Å². The Bertz CT molecular complexity index is 652. The van der Waals surface area contributed by atoms with E-state index in [0.717, 1.165) is 17.9 Å². The van der Waals surface area contributed by atoms with Crippen molar-refractivity contribution in [2.45, 2.75) is 25.5 Å². The number of carbonyl (C=O) groups excluding carboxylic acids is 1. The zero-order valence-electron chi connectivity index (χ0n) is 12.6. The number of hydrogen-bond acceptors (Lipinski definition) is 4. The maximum absolute atomic E-state index is 12.1. The van der Waals surface area contributed by atoms with Crippen molar-refractivity contribution in [2.75, 3.05) is 11.9 Å². The number of aryl methyl sites for hydroxylation is 2. The first-order chi connectivity index (χ1) is 10.6. The molecule has 0 bridgehead atoms. The molecule has 1 aliphatic rings. The summed E-state index contributed by atoms with van der Waals surface area (Å²) in [6.07, 6.45) is 5.77. The van der Waals surface area contributed by atoms with Gasteiger partial charge in [0.15, 0.2) is 0 Å². The molecule has 2 aromatic rings. The lowest BCUT2D eigenvalue weighted by molar-refractivity contribution is 0.0913. The van der Waals surface area contributed by atoms with Crippen LogP contribution in [0.3, 0.4) is 0 Å². The van der Waals surface area contributed by atoms with E-state index in [1.807, 2.05) is 36.9 Å². The largest absolute Gasteiger partial charge is 0.368 e. The number of ether oxygens (including phenoxy) is 1. The van der Waals surface area contributed by atoms with Gasteiger partial charge in [0.05, 0.1) is 17.9 Å². The highest BCUT2D eigenvalue weighted by molar-refractivity contribution is 5.89. The Morgan fingerprint density at radius 3 is 2.95 bits per heavy atom. The summed E-state index contributed by atoms with van der Waals surface area (Å²) in [7, 11) is 1.92. The summed E-state index contributed by atoms with van der Waals surface area (Å²) in [5.74, 6) is 0.819. The maximum Gasteiger partial charge on any atom is 0.319 e. The van der Waals surface area contributed by atoms with Crippen molar-refractivity contribution in [3.05, 3.63) is 42.2 Å². The molecule has 7 nitrogen and oxygen atoms in total. The molecule has 7 heteroatoms. The van der Waals surface area contributed by atoms with Gasteiger partial charge in [0.1, 0.15) is 11.9 Å². The smallest absolute Gasteiger partial charge is 0.319 e. The van der Waals surface area contributed by atoms with Gasteiger partial charge in [0, 0.05) is 31.7 Å². The summed E-state index contributed by atoms with van der Waals surface area (Å²) < 4.78 is 7.63. The summed E-state index contributed by atoms with van der Waals surface area (Å²) in [4.78, 5) is 20.6. The number of nitrogens with one attached hydrogen (secondary N) is 2. The van der Waals surface area contributed by atoms with Crippen LogP contribution in [-0.4, -0.2) is 33.2 Å². The quantitative estimate of drug-likeness (QED) is 0.905. The summed E-state index contributed by atoms with van der Waals surface area (Å²) >= 11 is 0. The number of aromatic nitrogens is 3.